The van der Waals surface area contributed by atoms with Gasteiger partial charge in [-0.25, -0.2) is 0 Å². The van der Waals surface area contributed by atoms with E-state index in [1.807, 2.05) is 54.6 Å². The summed E-state index contributed by atoms with van der Waals surface area (Å²) in [7, 11) is 0. The molecule has 0 aliphatic heterocycles. The van der Waals surface area contributed by atoms with Crippen molar-refractivity contribution < 1.29 is 14.1 Å². The van der Waals surface area contributed by atoms with E-state index in [9.17, 15) is 4.79 Å². The molecule has 0 atom stereocenters. The van der Waals surface area contributed by atoms with Crippen LogP contribution in [0.25, 0.3) is 11.4 Å². The Labute approximate surface area is 133 Å². The number of carbonyl (C=O) groups is 1. The van der Waals surface area contributed by atoms with E-state index in [2.05, 4.69) is 15.5 Å². The fourth-order valence-electron chi connectivity index (χ4n) is 1.97. The molecule has 2 aromatic carbocycles. The molecule has 6 nitrogen and oxygen atoms in total. The lowest BCUT2D eigenvalue weighted by Gasteiger charge is -2.05. The summed E-state index contributed by atoms with van der Waals surface area (Å²) in [6.45, 7) is 1.64. The van der Waals surface area contributed by atoms with Gasteiger partial charge < -0.3 is 14.6 Å². The molecule has 0 spiro atoms. The van der Waals surface area contributed by atoms with Crippen LogP contribution in [0.15, 0.2) is 59.1 Å². The van der Waals surface area contributed by atoms with Crippen LogP contribution in [0.4, 0.5) is 0 Å². The lowest BCUT2D eigenvalue weighted by Crippen LogP contribution is -2.18. The molecular formula is C17H15N3O3. The number of hydrogen-bond donors (Lipinski definition) is 1. The molecule has 0 fully saturated rings. The minimum absolute atomic E-state index is 0.150. The highest BCUT2D eigenvalue weighted by atomic mass is 16.5. The zero-order valence-electron chi connectivity index (χ0n) is 12.5. The van der Waals surface area contributed by atoms with E-state index >= 15 is 0 Å². The predicted molar refractivity (Wildman–Crippen MR) is 83.8 cm³/mol. The van der Waals surface area contributed by atoms with E-state index in [0.29, 0.717) is 17.5 Å². The fourth-order valence-corrected chi connectivity index (χ4v) is 1.97. The van der Waals surface area contributed by atoms with Gasteiger partial charge in [-0.15, -0.1) is 0 Å². The molecule has 0 aliphatic carbocycles. The van der Waals surface area contributed by atoms with E-state index in [0.717, 1.165) is 11.3 Å². The number of rotatable bonds is 5. The highest BCUT2D eigenvalue weighted by Gasteiger charge is 2.10. The summed E-state index contributed by atoms with van der Waals surface area (Å²) in [4.78, 5) is 15.1. The van der Waals surface area contributed by atoms with Gasteiger partial charge in [0.2, 0.25) is 17.6 Å². The van der Waals surface area contributed by atoms with E-state index in [1.165, 1.54) is 6.92 Å². The van der Waals surface area contributed by atoms with Gasteiger partial charge in [-0.1, -0.05) is 35.5 Å². The number of ether oxygens (including phenoxy) is 1. The average molecular weight is 309 g/mol. The highest BCUT2D eigenvalue weighted by Crippen LogP contribution is 2.25. The standard InChI is InChI=1S/C17H15N3O3/c1-12(21)18-11-16-19-17(20-23-16)13-6-5-9-15(10-13)22-14-7-3-2-4-8-14/h2-10H,11H2,1H3,(H,18,21). The van der Waals surface area contributed by atoms with Crippen LogP contribution in [0, 0.1) is 0 Å². The van der Waals surface area contributed by atoms with Crippen molar-refractivity contribution in [2.24, 2.45) is 0 Å². The van der Waals surface area contributed by atoms with Crippen molar-refractivity contribution in [3.05, 3.63) is 60.5 Å². The molecule has 0 unspecified atom stereocenters. The van der Waals surface area contributed by atoms with Gasteiger partial charge in [-0.2, -0.15) is 4.98 Å². The van der Waals surface area contributed by atoms with Crippen molar-refractivity contribution in [2.75, 3.05) is 0 Å². The van der Waals surface area contributed by atoms with Crippen LogP contribution < -0.4 is 10.1 Å². The van der Waals surface area contributed by atoms with Crippen LogP contribution in [-0.4, -0.2) is 16.0 Å². The number of carbonyl (C=O) groups excluding carboxylic acids is 1. The SMILES string of the molecule is CC(=O)NCc1nc(-c2cccc(Oc3ccccc3)c2)no1. The summed E-state index contributed by atoms with van der Waals surface area (Å²) in [5.41, 5.74) is 0.774. The minimum Gasteiger partial charge on any atom is -0.457 e. The van der Waals surface area contributed by atoms with Crippen molar-refractivity contribution in [3.8, 4) is 22.9 Å². The van der Waals surface area contributed by atoms with Gasteiger partial charge >= 0.3 is 0 Å². The molecule has 0 aliphatic rings. The zero-order valence-corrected chi connectivity index (χ0v) is 12.5. The molecule has 1 aromatic heterocycles. The highest BCUT2D eigenvalue weighted by molar-refractivity contribution is 5.72. The molecule has 0 bridgehead atoms. The number of benzene rings is 2. The molecule has 23 heavy (non-hydrogen) atoms. The smallest absolute Gasteiger partial charge is 0.246 e. The maximum Gasteiger partial charge on any atom is 0.246 e. The number of aromatic nitrogens is 2. The molecule has 3 rings (SSSR count). The molecule has 0 radical (unpaired) electrons. The molecule has 1 heterocycles. The van der Waals surface area contributed by atoms with Crippen molar-refractivity contribution >= 4 is 5.91 Å². The number of nitrogens with zero attached hydrogens (tertiary/aromatic N) is 2. The monoisotopic (exact) mass is 309 g/mol. The lowest BCUT2D eigenvalue weighted by molar-refractivity contribution is -0.119. The first-order valence-electron chi connectivity index (χ1n) is 7.11. The molecule has 0 saturated carbocycles. The van der Waals surface area contributed by atoms with Gasteiger partial charge in [0, 0.05) is 12.5 Å². The Balaban J connectivity index is 1.76. The lowest BCUT2D eigenvalue weighted by atomic mass is 10.2. The third-order valence-corrected chi connectivity index (χ3v) is 3.03. The maximum atomic E-state index is 10.9. The summed E-state index contributed by atoms with van der Waals surface area (Å²) in [6.07, 6.45) is 0. The molecule has 1 amide bonds. The molecule has 116 valence electrons. The van der Waals surface area contributed by atoms with Gasteiger partial charge in [0.15, 0.2) is 0 Å². The summed E-state index contributed by atoms with van der Waals surface area (Å²) >= 11 is 0. The van der Waals surface area contributed by atoms with Crippen LogP contribution in [-0.2, 0) is 11.3 Å². The third kappa shape index (κ3) is 3.94. The van der Waals surface area contributed by atoms with Crippen molar-refractivity contribution in [3.63, 3.8) is 0 Å². The van der Waals surface area contributed by atoms with Gasteiger partial charge in [0.05, 0.1) is 6.54 Å². The quantitative estimate of drug-likeness (QED) is 0.783. The molecule has 0 saturated heterocycles. The first kappa shape index (κ1) is 14.8. The molecular weight excluding hydrogens is 294 g/mol. The van der Waals surface area contributed by atoms with Gasteiger partial charge in [0.25, 0.3) is 0 Å². The summed E-state index contributed by atoms with van der Waals surface area (Å²) in [6, 6.07) is 16.9. The van der Waals surface area contributed by atoms with Gasteiger partial charge in [-0.05, 0) is 24.3 Å². The Morgan fingerprint density at radius 1 is 1.13 bits per heavy atom. The zero-order chi connectivity index (χ0) is 16.1. The van der Waals surface area contributed by atoms with Crippen LogP contribution in [0.1, 0.15) is 12.8 Å². The van der Waals surface area contributed by atoms with E-state index in [-0.39, 0.29) is 12.5 Å². The van der Waals surface area contributed by atoms with E-state index in [1.54, 1.807) is 0 Å². The number of para-hydroxylation sites is 1. The number of hydrogen-bond acceptors (Lipinski definition) is 5. The van der Waals surface area contributed by atoms with Crippen LogP contribution in [0.2, 0.25) is 0 Å². The topological polar surface area (TPSA) is 77.2 Å². The average Bonchev–Trinajstić information content (AvgIpc) is 3.03. The number of nitrogens with one attached hydrogen (secondary N) is 1. The third-order valence-electron chi connectivity index (χ3n) is 3.03. The maximum absolute atomic E-state index is 10.9. The van der Waals surface area contributed by atoms with E-state index in [4.69, 9.17) is 9.26 Å². The minimum atomic E-state index is -0.150. The normalized spacial score (nSPS) is 10.3. The molecule has 3 aromatic rings. The van der Waals surface area contributed by atoms with Gasteiger partial charge in [-0.3, -0.25) is 4.79 Å². The Kier molecular flexibility index (Phi) is 4.33. The molecule has 1 N–H and O–H groups in total. The largest absolute Gasteiger partial charge is 0.457 e. The first-order chi connectivity index (χ1) is 11.2. The first-order valence-corrected chi connectivity index (χ1v) is 7.11. The van der Waals surface area contributed by atoms with E-state index < -0.39 is 0 Å². The van der Waals surface area contributed by atoms with Crippen LogP contribution >= 0.6 is 0 Å². The van der Waals surface area contributed by atoms with Crippen molar-refractivity contribution in [1.82, 2.24) is 15.5 Å². The van der Waals surface area contributed by atoms with Gasteiger partial charge in [0.1, 0.15) is 11.5 Å². The second-order valence-corrected chi connectivity index (χ2v) is 4.86. The van der Waals surface area contributed by atoms with Crippen molar-refractivity contribution in [1.29, 1.82) is 0 Å². The summed E-state index contributed by atoms with van der Waals surface area (Å²) in [5.74, 6) is 2.09. The van der Waals surface area contributed by atoms with Crippen LogP contribution in [0.3, 0.4) is 0 Å². The summed E-state index contributed by atoms with van der Waals surface area (Å²) in [5, 5.41) is 6.53. The van der Waals surface area contributed by atoms with Crippen molar-refractivity contribution in [2.45, 2.75) is 13.5 Å². The van der Waals surface area contributed by atoms with Crippen LogP contribution in [0.5, 0.6) is 11.5 Å². The Hall–Kier alpha value is -3.15. The Morgan fingerprint density at radius 3 is 2.70 bits per heavy atom. The second-order valence-electron chi connectivity index (χ2n) is 4.86. The molecule has 6 heteroatoms. The number of amides is 1. The summed E-state index contributed by atoms with van der Waals surface area (Å²) < 4.78 is 10.9. The Morgan fingerprint density at radius 2 is 1.91 bits per heavy atom. The Bertz CT molecular complexity index is 800. The fraction of sp³-hybridized carbons (Fsp3) is 0.118. The predicted octanol–water partition coefficient (Wildman–Crippen LogP) is 3.17. The second kappa shape index (κ2) is 6.74.